The third-order valence-corrected chi connectivity index (χ3v) is 13.5. The minimum Gasteiger partial charge on any atom is -0.0619 e. The lowest BCUT2D eigenvalue weighted by Crippen LogP contribution is -2.17. The summed E-state index contributed by atoms with van der Waals surface area (Å²) in [6, 6.07) is 53.2. The molecule has 0 aliphatic heterocycles. The Balaban J connectivity index is 1.32. The highest BCUT2D eigenvalue weighted by Gasteiger charge is 2.42. The van der Waals surface area contributed by atoms with Gasteiger partial charge in [-0.1, -0.05) is 175 Å². The van der Waals surface area contributed by atoms with Gasteiger partial charge in [-0.05, 0) is 122 Å². The normalized spacial score (nSPS) is 16.7. The molecule has 0 spiro atoms. The fraction of sp³-hybridized carbons (Fsp3) is 0.170. The summed E-state index contributed by atoms with van der Waals surface area (Å²) in [5.74, 6) is 0. The molecule has 0 radical (unpaired) electrons. The molecule has 0 heteroatoms. The van der Waals surface area contributed by atoms with E-state index in [1.807, 2.05) is 0 Å². The van der Waals surface area contributed by atoms with Crippen LogP contribution >= 0.6 is 0 Å². The molecule has 0 N–H and O–H groups in total. The van der Waals surface area contributed by atoms with Crippen molar-refractivity contribution in [2.24, 2.45) is 0 Å². The van der Waals surface area contributed by atoms with E-state index < -0.39 is 0 Å². The zero-order valence-electron chi connectivity index (χ0n) is 31.4. The van der Waals surface area contributed by atoms with Gasteiger partial charge >= 0.3 is 0 Å². The van der Waals surface area contributed by atoms with Gasteiger partial charge in [-0.3, -0.25) is 0 Å². The fourth-order valence-corrected chi connectivity index (χ4v) is 10.8. The second kappa shape index (κ2) is 10.2. The Morgan fingerprint density at radius 3 is 1.38 bits per heavy atom. The second-order valence-corrected chi connectivity index (χ2v) is 17.2. The predicted octanol–water partition coefficient (Wildman–Crippen LogP) is 14.3. The minimum atomic E-state index is -0.152. The van der Waals surface area contributed by atoms with Gasteiger partial charge in [-0.15, -0.1) is 0 Å². The van der Waals surface area contributed by atoms with Crippen molar-refractivity contribution in [1.82, 2.24) is 0 Å². The molecule has 3 aliphatic rings. The zero-order chi connectivity index (χ0) is 36.0. The molecule has 0 bridgehead atoms. The summed E-state index contributed by atoms with van der Waals surface area (Å²) >= 11 is 0. The molecule has 0 amide bonds. The van der Waals surface area contributed by atoms with E-state index in [1.54, 1.807) is 0 Å². The molecule has 0 saturated heterocycles. The van der Waals surface area contributed by atoms with Crippen LogP contribution < -0.4 is 0 Å². The second-order valence-electron chi connectivity index (χ2n) is 17.2. The van der Waals surface area contributed by atoms with Crippen molar-refractivity contribution < 1.29 is 0 Å². The van der Waals surface area contributed by atoms with Gasteiger partial charge in [-0.2, -0.15) is 0 Å². The summed E-state index contributed by atoms with van der Waals surface area (Å²) in [7, 11) is 0. The van der Waals surface area contributed by atoms with Crippen LogP contribution in [0.15, 0.2) is 140 Å². The highest BCUT2D eigenvalue weighted by Crippen LogP contribution is 2.60. The first-order valence-corrected chi connectivity index (χ1v) is 19.2. The summed E-state index contributed by atoms with van der Waals surface area (Å²) in [6.45, 7) is 14.5. The molecule has 11 rings (SSSR count). The fourth-order valence-electron chi connectivity index (χ4n) is 10.8. The predicted molar refractivity (Wildman–Crippen MR) is 227 cm³/mol. The Morgan fingerprint density at radius 1 is 0.321 bits per heavy atom. The average molecular weight is 679 g/mol. The molecule has 8 aromatic rings. The SMILES string of the molecule is CC1(C)C(c2c3ccccc3c(-c3cc4c(c5c6c(ccc35)C(C)(C)c3ccccc3-6)-c3ccccc3C4(C)C)c3ccccc23)=Cc2ccccc21. The van der Waals surface area contributed by atoms with E-state index in [-0.39, 0.29) is 16.2 Å². The maximum absolute atomic E-state index is 2.58. The molecule has 0 aromatic heterocycles. The summed E-state index contributed by atoms with van der Waals surface area (Å²) in [5, 5.41) is 7.99. The number of hydrogen-bond acceptors (Lipinski definition) is 0. The van der Waals surface area contributed by atoms with E-state index >= 15 is 0 Å². The van der Waals surface area contributed by atoms with Crippen molar-refractivity contribution >= 4 is 44.0 Å². The minimum absolute atomic E-state index is 0.0862. The van der Waals surface area contributed by atoms with Gasteiger partial charge in [-0.25, -0.2) is 0 Å². The molecule has 254 valence electrons. The van der Waals surface area contributed by atoms with Gasteiger partial charge in [0.1, 0.15) is 0 Å². The van der Waals surface area contributed by atoms with Crippen LogP contribution in [-0.2, 0) is 16.2 Å². The summed E-state index contributed by atoms with van der Waals surface area (Å²) < 4.78 is 0. The largest absolute Gasteiger partial charge is 0.0619 e. The van der Waals surface area contributed by atoms with Crippen molar-refractivity contribution in [3.8, 4) is 33.4 Å². The standard InChI is InChI=1S/C53H42/c1-51(2)40-24-14-7-17-31(40)29-44(51)47-34-20-10-8-18-32(34)46(33-19-9-11-21-35(33)47)39-30-45-49(38-23-13-16-26-42(38)53(45,5)6)50-36(39)27-28-43-48(50)37-22-12-15-25-41(37)52(43,3)4/h7-30H,1-6H3. The molecule has 0 fully saturated rings. The first-order chi connectivity index (χ1) is 25.6. The van der Waals surface area contributed by atoms with Crippen LogP contribution in [0.4, 0.5) is 0 Å². The lowest BCUT2D eigenvalue weighted by atomic mass is 9.74. The molecule has 53 heavy (non-hydrogen) atoms. The lowest BCUT2D eigenvalue weighted by Gasteiger charge is -2.29. The van der Waals surface area contributed by atoms with E-state index in [1.165, 1.54) is 110 Å². The molecule has 0 atom stereocenters. The first kappa shape index (κ1) is 30.9. The number of fused-ring (bicyclic) bond motifs is 12. The van der Waals surface area contributed by atoms with Crippen LogP contribution in [0, 0.1) is 0 Å². The van der Waals surface area contributed by atoms with Crippen molar-refractivity contribution in [2.45, 2.75) is 57.8 Å². The zero-order valence-corrected chi connectivity index (χ0v) is 31.4. The van der Waals surface area contributed by atoms with Crippen LogP contribution in [0.5, 0.6) is 0 Å². The Hall–Kier alpha value is -5.72. The van der Waals surface area contributed by atoms with Gasteiger partial charge in [0.05, 0.1) is 0 Å². The Kier molecular flexibility index (Phi) is 5.96. The quantitative estimate of drug-likeness (QED) is 0.160. The number of benzene rings is 8. The van der Waals surface area contributed by atoms with E-state index in [2.05, 4.69) is 187 Å². The van der Waals surface area contributed by atoms with Crippen LogP contribution in [0.2, 0.25) is 0 Å². The molecule has 0 nitrogen and oxygen atoms in total. The van der Waals surface area contributed by atoms with Gasteiger partial charge in [0, 0.05) is 16.2 Å². The van der Waals surface area contributed by atoms with E-state index in [0.717, 1.165) is 0 Å². The monoisotopic (exact) mass is 678 g/mol. The van der Waals surface area contributed by atoms with Crippen molar-refractivity contribution in [3.63, 3.8) is 0 Å². The Morgan fingerprint density at radius 2 is 0.792 bits per heavy atom. The van der Waals surface area contributed by atoms with Gasteiger partial charge in [0.25, 0.3) is 0 Å². The molecule has 0 saturated carbocycles. The Bertz CT molecular complexity index is 2890. The average Bonchev–Trinajstić information content (AvgIpc) is 3.68. The van der Waals surface area contributed by atoms with E-state index in [4.69, 9.17) is 0 Å². The van der Waals surface area contributed by atoms with Crippen LogP contribution in [0.1, 0.15) is 80.5 Å². The highest BCUT2D eigenvalue weighted by molar-refractivity contribution is 6.26. The van der Waals surface area contributed by atoms with Crippen LogP contribution in [0.25, 0.3) is 77.3 Å². The number of rotatable bonds is 2. The van der Waals surface area contributed by atoms with Crippen molar-refractivity contribution in [2.75, 3.05) is 0 Å². The van der Waals surface area contributed by atoms with Crippen molar-refractivity contribution in [1.29, 1.82) is 0 Å². The van der Waals surface area contributed by atoms with Gasteiger partial charge < -0.3 is 0 Å². The van der Waals surface area contributed by atoms with Gasteiger partial charge in [0.2, 0.25) is 0 Å². The van der Waals surface area contributed by atoms with Crippen LogP contribution in [-0.4, -0.2) is 0 Å². The van der Waals surface area contributed by atoms with Gasteiger partial charge in [0.15, 0.2) is 0 Å². The number of hydrogen-bond donors (Lipinski definition) is 0. The van der Waals surface area contributed by atoms with E-state index in [0.29, 0.717) is 0 Å². The molecule has 0 heterocycles. The van der Waals surface area contributed by atoms with E-state index in [9.17, 15) is 0 Å². The first-order valence-electron chi connectivity index (χ1n) is 19.2. The maximum atomic E-state index is 2.58. The number of allylic oxidation sites excluding steroid dienone is 1. The summed E-state index contributed by atoms with van der Waals surface area (Å²) in [4.78, 5) is 0. The van der Waals surface area contributed by atoms with Crippen molar-refractivity contribution in [3.05, 3.63) is 178 Å². The molecular weight excluding hydrogens is 637 g/mol. The molecule has 8 aromatic carbocycles. The molecular formula is C53H42. The summed E-state index contributed by atoms with van der Waals surface area (Å²) in [6.07, 6.45) is 2.45. The topological polar surface area (TPSA) is 0 Å². The lowest BCUT2D eigenvalue weighted by molar-refractivity contribution is 0.660. The molecule has 0 unspecified atom stereocenters. The van der Waals surface area contributed by atoms with Crippen LogP contribution in [0.3, 0.4) is 0 Å². The smallest absolute Gasteiger partial charge is 0.0159 e. The third-order valence-electron chi connectivity index (χ3n) is 13.5. The Labute approximate surface area is 312 Å². The maximum Gasteiger partial charge on any atom is 0.0159 e. The summed E-state index contributed by atoms with van der Waals surface area (Å²) in [5.41, 5.74) is 19.0. The highest BCUT2D eigenvalue weighted by atomic mass is 14.4. The molecule has 3 aliphatic carbocycles. The third kappa shape index (κ3) is 3.81.